The van der Waals surface area contributed by atoms with Crippen molar-refractivity contribution in [3.63, 3.8) is 0 Å². The van der Waals surface area contributed by atoms with Crippen LogP contribution in [-0.4, -0.2) is 36.7 Å². The summed E-state index contributed by atoms with van der Waals surface area (Å²) in [6.07, 6.45) is -0.169. The molecule has 7 heteroatoms. The summed E-state index contributed by atoms with van der Waals surface area (Å²) in [7, 11) is -3.38. The molecule has 78 valence electrons. The number of nitrogens with zero attached hydrogens (tertiary/aromatic N) is 1. The van der Waals surface area contributed by atoms with Gasteiger partial charge in [0.05, 0.1) is 0 Å². The van der Waals surface area contributed by atoms with Gasteiger partial charge in [0.1, 0.15) is 0 Å². The Morgan fingerprint density at radius 2 is 1.86 bits per heavy atom. The molecule has 0 aromatic rings. The highest BCUT2D eigenvalue weighted by atomic mass is 32.2. The fraction of sp³-hybridized carbons (Fsp3) is 0.429. The minimum Gasteiger partial charge on any atom is -0.282 e. The van der Waals surface area contributed by atoms with Crippen LogP contribution in [0.1, 0.15) is 13.3 Å². The van der Waals surface area contributed by atoms with E-state index in [9.17, 15) is 18.0 Å². The molecule has 1 heterocycles. The molecule has 0 unspecified atom stereocenters. The maximum atomic E-state index is 11.3. The van der Waals surface area contributed by atoms with Gasteiger partial charge < -0.3 is 0 Å². The number of amides is 2. The molecular weight excluding hydrogens is 210 g/mol. The number of likely N-dealkylation sites (N-methyl/N-ethyl adjacent to an activating group) is 1. The molecule has 6 nitrogen and oxygen atoms in total. The molecule has 0 saturated heterocycles. The molecule has 0 radical (unpaired) electrons. The Morgan fingerprint density at radius 1 is 1.36 bits per heavy atom. The van der Waals surface area contributed by atoms with Crippen molar-refractivity contribution in [2.75, 3.05) is 7.05 Å². The SMILES string of the molecule is CC1=C(S(=O)(=O)O)C(=O)N(C)C(=O)C1. The van der Waals surface area contributed by atoms with Crippen molar-refractivity contribution in [2.24, 2.45) is 0 Å². The van der Waals surface area contributed by atoms with Gasteiger partial charge in [0.25, 0.3) is 16.0 Å². The summed E-state index contributed by atoms with van der Waals surface area (Å²) in [6.45, 7) is 1.33. The van der Waals surface area contributed by atoms with Gasteiger partial charge in [0, 0.05) is 13.5 Å². The van der Waals surface area contributed by atoms with Crippen molar-refractivity contribution in [3.05, 3.63) is 10.5 Å². The summed E-state index contributed by atoms with van der Waals surface area (Å²) < 4.78 is 30.3. The maximum Gasteiger partial charge on any atom is 0.300 e. The fourth-order valence-electron chi connectivity index (χ4n) is 1.20. The monoisotopic (exact) mass is 219 g/mol. The molecule has 0 spiro atoms. The van der Waals surface area contributed by atoms with E-state index in [2.05, 4.69) is 0 Å². The van der Waals surface area contributed by atoms with Gasteiger partial charge in [-0.2, -0.15) is 8.42 Å². The van der Waals surface area contributed by atoms with E-state index in [1.54, 1.807) is 0 Å². The lowest BCUT2D eigenvalue weighted by molar-refractivity contribution is -0.141. The van der Waals surface area contributed by atoms with Crippen molar-refractivity contribution in [3.8, 4) is 0 Å². The molecule has 0 aliphatic carbocycles. The van der Waals surface area contributed by atoms with Gasteiger partial charge in [-0.25, -0.2) is 0 Å². The first-order valence-electron chi connectivity index (χ1n) is 3.73. The summed E-state index contributed by atoms with van der Waals surface area (Å²) in [5, 5.41) is 0. The molecular formula is C7H9NO5S. The number of hydrogen-bond donors (Lipinski definition) is 1. The maximum absolute atomic E-state index is 11.3. The lowest BCUT2D eigenvalue weighted by atomic mass is 10.1. The van der Waals surface area contributed by atoms with Crippen LogP contribution in [-0.2, 0) is 19.7 Å². The highest BCUT2D eigenvalue weighted by molar-refractivity contribution is 7.90. The third-order valence-electron chi connectivity index (χ3n) is 1.93. The van der Waals surface area contributed by atoms with E-state index in [0.717, 1.165) is 0 Å². The standard InChI is InChI=1S/C7H9NO5S/c1-4-3-5(9)8(2)7(10)6(4)14(11,12)13/h3H2,1-2H3,(H,11,12,13). The van der Waals surface area contributed by atoms with Crippen LogP contribution in [0.25, 0.3) is 0 Å². The summed E-state index contributed by atoms with van der Waals surface area (Å²) in [6, 6.07) is 0. The zero-order chi connectivity index (χ0) is 11.1. The van der Waals surface area contributed by atoms with Crippen LogP contribution in [0, 0.1) is 0 Å². The molecule has 0 fully saturated rings. The normalized spacial score (nSPS) is 19.2. The zero-order valence-electron chi connectivity index (χ0n) is 7.64. The number of carbonyl (C=O) groups excluding carboxylic acids is 2. The van der Waals surface area contributed by atoms with Gasteiger partial charge in [0.2, 0.25) is 5.91 Å². The smallest absolute Gasteiger partial charge is 0.282 e. The van der Waals surface area contributed by atoms with Crippen LogP contribution in [0.4, 0.5) is 0 Å². The average Bonchev–Trinajstić information content (AvgIpc) is 1.97. The van der Waals surface area contributed by atoms with E-state index in [1.807, 2.05) is 0 Å². The molecule has 0 aromatic heterocycles. The minimum atomic E-state index is -4.54. The first kappa shape index (κ1) is 10.9. The Bertz CT molecular complexity index is 433. The van der Waals surface area contributed by atoms with E-state index in [4.69, 9.17) is 4.55 Å². The van der Waals surface area contributed by atoms with Crippen molar-refractivity contribution in [1.29, 1.82) is 0 Å². The van der Waals surface area contributed by atoms with Gasteiger partial charge >= 0.3 is 0 Å². The Labute approximate surface area is 80.9 Å². The number of rotatable bonds is 1. The molecule has 1 rings (SSSR count). The van der Waals surface area contributed by atoms with E-state index in [1.165, 1.54) is 14.0 Å². The molecule has 0 saturated carbocycles. The summed E-state index contributed by atoms with van der Waals surface area (Å²) in [5.41, 5.74) is 0.0700. The van der Waals surface area contributed by atoms with Gasteiger partial charge in [-0.05, 0) is 12.5 Å². The fourth-order valence-corrected chi connectivity index (χ4v) is 2.07. The van der Waals surface area contributed by atoms with Crippen molar-refractivity contribution < 1.29 is 22.6 Å². The zero-order valence-corrected chi connectivity index (χ0v) is 8.46. The summed E-state index contributed by atoms with van der Waals surface area (Å²) in [4.78, 5) is 22.4. The predicted molar refractivity (Wildman–Crippen MR) is 46.6 cm³/mol. The second-order valence-electron chi connectivity index (χ2n) is 3.02. The van der Waals surface area contributed by atoms with Gasteiger partial charge in [0.15, 0.2) is 4.91 Å². The molecule has 2 amide bonds. The predicted octanol–water partition coefficient (Wildman–Crippen LogP) is -0.463. The lowest BCUT2D eigenvalue weighted by Gasteiger charge is -2.22. The van der Waals surface area contributed by atoms with Crippen molar-refractivity contribution in [2.45, 2.75) is 13.3 Å². The molecule has 14 heavy (non-hydrogen) atoms. The minimum absolute atomic E-state index is 0.0700. The van der Waals surface area contributed by atoms with Crippen LogP contribution in [0.15, 0.2) is 10.5 Å². The first-order chi connectivity index (χ1) is 6.25. The van der Waals surface area contributed by atoms with E-state index in [0.29, 0.717) is 4.90 Å². The second-order valence-corrected chi connectivity index (χ2v) is 4.38. The molecule has 0 atom stereocenters. The van der Waals surface area contributed by atoms with Crippen LogP contribution in [0.5, 0.6) is 0 Å². The highest BCUT2D eigenvalue weighted by Crippen LogP contribution is 2.22. The summed E-state index contributed by atoms with van der Waals surface area (Å²) >= 11 is 0. The molecule has 1 aliphatic heterocycles. The topological polar surface area (TPSA) is 91.8 Å². The highest BCUT2D eigenvalue weighted by Gasteiger charge is 2.35. The Morgan fingerprint density at radius 3 is 2.29 bits per heavy atom. The van der Waals surface area contributed by atoms with Gasteiger partial charge in [-0.1, -0.05) is 0 Å². The van der Waals surface area contributed by atoms with Crippen LogP contribution >= 0.6 is 0 Å². The van der Waals surface area contributed by atoms with Crippen LogP contribution < -0.4 is 0 Å². The van der Waals surface area contributed by atoms with Crippen LogP contribution in [0.2, 0.25) is 0 Å². The average molecular weight is 219 g/mol. The molecule has 0 aromatic carbocycles. The van der Waals surface area contributed by atoms with Gasteiger partial charge in [-0.3, -0.25) is 19.0 Å². The molecule has 0 bridgehead atoms. The third kappa shape index (κ3) is 1.68. The largest absolute Gasteiger partial charge is 0.300 e. The molecule has 1 aliphatic rings. The quantitative estimate of drug-likeness (QED) is 0.475. The van der Waals surface area contributed by atoms with Crippen LogP contribution in [0.3, 0.4) is 0 Å². The number of carbonyl (C=O) groups is 2. The van der Waals surface area contributed by atoms with E-state index in [-0.39, 0.29) is 12.0 Å². The van der Waals surface area contributed by atoms with Crippen molar-refractivity contribution >= 4 is 21.9 Å². The lowest BCUT2D eigenvalue weighted by Crippen LogP contribution is -2.40. The number of imide groups is 1. The summed E-state index contributed by atoms with van der Waals surface area (Å²) in [5.74, 6) is -1.47. The van der Waals surface area contributed by atoms with Gasteiger partial charge in [-0.15, -0.1) is 0 Å². The Kier molecular flexibility index (Phi) is 2.47. The second kappa shape index (κ2) is 3.18. The van der Waals surface area contributed by atoms with E-state index >= 15 is 0 Å². The Hall–Kier alpha value is -1.21. The number of hydrogen-bond acceptors (Lipinski definition) is 4. The Balaban J connectivity index is 3.36. The third-order valence-corrected chi connectivity index (χ3v) is 2.97. The molecule has 1 N–H and O–H groups in total. The van der Waals surface area contributed by atoms with E-state index < -0.39 is 26.8 Å². The first-order valence-corrected chi connectivity index (χ1v) is 5.17. The van der Waals surface area contributed by atoms with Crippen molar-refractivity contribution in [1.82, 2.24) is 4.90 Å².